The first-order valence-corrected chi connectivity index (χ1v) is 6.37. The summed E-state index contributed by atoms with van der Waals surface area (Å²) in [5, 5.41) is 2.76. The van der Waals surface area contributed by atoms with Crippen molar-refractivity contribution < 1.29 is 4.79 Å². The van der Waals surface area contributed by atoms with E-state index in [2.05, 4.69) is 15.3 Å². The predicted molar refractivity (Wildman–Crippen MR) is 76.7 cm³/mol. The zero-order valence-electron chi connectivity index (χ0n) is 11.8. The largest absolute Gasteiger partial charge is 0.348 e. The molecule has 0 saturated heterocycles. The molecule has 0 aliphatic heterocycles. The fourth-order valence-electron chi connectivity index (χ4n) is 2.07. The Labute approximate surface area is 117 Å². The van der Waals surface area contributed by atoms with Crippen LogP contribution in [0.4, 0.5) is 0 Å². The van der Waals surface area contributed by atoms with Gasteiger partial charge in [0, 0.05) is 30.2 Å². The van der Waals surface area contributed by atoms with E-state index in [1.165, 1.54) is 6.20 Å². The van der Waals surface area contributed by atoms with Gasteiger partial charge in [0.15, 0.2) is 0 Å². The minimum atomic E-state index is -0.227. The van der Waals surface area contributed by atoms with Gasteiger partial charge < -0.3 is 10.3 Å². The van der Waals surface area contributed by atoms with Crippen molar-refractivity contribution in [1.82, 2.24) is 15.3 Å². The molecule has 0 atom stereocenters. The van der Waals surface area contributed by atoms with Gasteiger partial charge in [-0.2, -0.15) is 0 Å². The van der Waals surface area contributed by atoms with Gasteiger partial charge in [0.2, 0.25) is 0 Å². The van der Waals surface area contributed by atoms with E-state index >= 15 is 0 Å². The van der Waals surface area contributed by atoms with Crippen LogP contribution in [0.2, 0.25) is 0 Å². The third kappa shape index (κ3) is 2.93. The topological polar surface area (TPSA) is 74.8 Å². The molecule has 20 heavy (non-hydrogen) atoms. The molecule has 0 aromatic carbocycles. The molecule has 104 valence electrons. The molecule has 0 bridgehead atoms. The van der Waals surface area contributed by atoms with E-state index in [-0.39, 0.29) is 18.0 Å². The van der Waals surface area contributed by atoms with Crippen LogP contribution in [0, 0.1) is 20.8 Å². The monoisotopic (exact) mass is 271 g/mol. The summed E-state index contributed by atoms with van der Waals surface area (Å²) in [4.78, 5) is 30.6. The first-order valence-electron chi connectivity index (χ1n) is 6.37. The lowest BCUT2D eigenvalue weighted by atomic mass is 10.1. The van der Waals surface area contributed by atoms with Crippen LogP contribution in [0.3, 0.4) is 0 Å². The average molecular weight is 271 g/mol. The number of hydrogen-bond acceptors (Lipinski definition) is 3. The van der Waals surface area contributed by atoms with Gasteiger partial charge in [-0.25, -0.2) is 0 Å². The second-order valence-electron chi connectivity index (χ2n) is 4.82. The van der Waals surface area contributed by atoms with Crippen molar-refractivity contribution >= 4 is 5.91 Å². The summed E-state index contributed by atoms with van der Waals surface area (Å²) in [6, 6.07) is 3.66. The minimum Gasteiger partial charge on any atom is -0.348 e. The van der Waals surface area contributed by atoms with Crippen molar-refractivity contribution in [3.8, 4) is 0 Å². The van der Waals surface area contributed by atoms with Gasteiger partial charge in [0.25, 0.3) is 11.5 Å². The first kappa shape index (κ1) is 14.0. The maximum absolute atomic E-state index is 12.1. The quantitative estimate of drug-likeness (QED) is 0.891. The summed E-state index contributed by atoms with van der Waals surface area (Å²) >= 11 is 0. The number of aromatic nitrogens is 2. The van der Waals surface area contributed by atoms with Gasteiger partial charge in [0.1, 0.15) is 0 Å². The van der Waals surface area contributed by atoms with Crippen LogP contribution in [0.5, 0.6) is 0 Å². The van der Waals surface area contributed by atoms with Crippen LogP contribution in [0.15, 0.2) is 29.3 Å². The van der Waals surface area contributed by atoms with Crippen molar-refractivity contribution in [3.05, 3.63) is 62.8 Å². The predicted octanol–water partition coefficient (Wildman–Crippen LogP) is 1.63. The Balaban J connectivity index is 2.16. The van der Waals surface area contributed by atoms with Crippen molar-refractivity contribution in [2.24, 2.45) is 0 Å². The van der Waals surface area contributed by atoms with Gasteiger partial charge >= 0.3 is 0 Å². The number of H-pyrrole nitrogens is 1. The Morgan fingerprint density at radius 3 is 2.70 bits per heavy atom. The molecule has 2 rings (SSSR count). The standard InChI is InChI=1S/C15H17N3O2/c1-9-4-5-16-7-12(9)14(19)17-8-13-10(2)6-11(3)18-15(13)20/h4-7H,8H2,1-3H3,(H,17,19)(H,18,20). The van der Waals surface area contributed by atoms with Crippen molar-refractivity contribution in [2.45, 2.75) is 27.3 Å². The highest BCUT2D eigenvalue weighted by atomic mass is 16.1. The Kier molecular flexibility index (Phi) is 3.98. The maximum atomic E-state index is 12.1. The van der Waals surface area contributed by atoms with E-state index in [9.17, 15) is 9.59 Å². The zero-order valence-corrected chi connectivity index (χ0v) is 11.8. The molecule has 2 heterocycles. The Morgan fingerprint density at radius 2 is 2.05 bits per heavy atom. The number of carbonyl (C=O) groups excluding carboxylic acids is 1. The average Bonchev–Trinajstić information content (AvgIpc) is 2.37. The molecular formula is C15H17N3O2. The molecule has 2 N–H and O–H groups in total. The molecule has 0 unspecified atom stereocenters. The highest BCUT2D eigenvalue weighted by Crippen LogP contribution is 2.06. The Bertz CT molecular complexity index is 705. The van der Waals surface area contributed by atoms with Crippen LogP contribution >= 0.6 is 0 Å². The summed E-state index contributed by atoms with van der Waals surface area (Å²) in [6.07, 6.45) is 3.16. The number of aromatic amines is 1. The van der Waals surface area contributed by atoms with E-state index in [0.29, 0.717) is 11.1 Å². The van der Waals surface area contributed by atoms with Gasteiger partial charge in [-0.15, -0.1) is 0 Å². The van der Waals surface area contributed by atoms with E-state index in [4.69, 9.17) is 0 Å². The highest BCUT2D eigenvalue weighted by molar-refractivity contribution is 5.95. The number of nitrogens with zero attached hydrogens (tertiary/aromatic N) is 1. The van der Waals surface area contributed by atoms with Gasteiger partial charge in [-0.3, -0.25) is 14.6 Å². The molecule has 0 saturated carbocycles. The molecule has 5 nitrogen and oxygen atoms in total. The molecule has 2 aromatic heterocycles. The van der Waals surface area contributed by atoms with Crippen LogP contribution < -0.4 is 10.9 Å². The third-order valence-electron chi connectivity index (χ3n) is 3.20. The van der Waals surface area contributed by atoms with Crippen LogP contribution in [0.1, 0.15) is 32.7 Å². The lowest BCUT2D eigenvalue weighted by Gasteiger charge is -2.09. The lowest BCUT2D eigenvalue weighted by Crippen LogP contribution is -2.28. The number of amides is 1. The number of hydrogen-bond donors (Lipinski definition) is 2. The van der Waals surface area contributed by atoms with Crippen molar-refractivity contribution in [1.29, 1.82) is 0 Å². The number of carbonyl (C=O) groups is 1. The summed E-state index contributed by atoms with van der Waals surface area (Å²) in [6.45, 7) is 5.74. The van der Waals surface area contributed by atoms with E-state index < -0.39 is 0 Å². The summed E-state index contributed by atoms with van der Waals surface area (Å²) in [5.74, 6) is -0.227. The second-order valence-corrected chi connectivity index (χ2v) is 4.82. The number of rotatable bonds is 3. The van der Waals surface area contributed by atoms with Crippen molar-refractivity contribution in [3.63, 3.8) is 0 Å². The van der Waals surface area contributed by atoms with Gasteiger partial charge in [-0.1, -0.05) is 0 Å². The third-order valence-corrected chi connectivity index (χ3v) is 3.20. The number of pyridine rings is 2. The molecule has 1 amide bonds. The van der Waals surface area contributed by atoms with E-state index in [1.54, 1.807) is 12.3 Å². The second kappa shape index (κ2) is 5.69. The normalized spacial score (nSPS) is 10.3. The van der Waals surface area contributed by atoms with Crippen LogP contribution in [-0.2, 0) is 6.54 Å². The summed E-state index contributed by atoms with van der Waals surface area (Å²) in [7, 11) is 0. The molecule has 0 radical (unpaired) electrons. The maximum Gasteiger partial charge on any atom is 0.253 e. The highest BCUT2D eigenvalue weighted by Gasteiger charge is 2.11. The molecule has 0 aliphatic rings. The first-order chi connectivity index (χ1) is 9.49. The van der Waals surface area contributed by atoms with E-state index in [1.807, 2.05) is 26.8 Å². The van der Waals surface area contributed by atoms with Gasteiger partial charge in [-0.05, 0) is 44.0 Å². The molecule has 5 heteroatoms. The fraction of sp³-hybridized carbons (Fsp3) is 0.267. The van der Waals surface area contributed by atoms with Crippen LogP contribution in [0.25, 0.3) is 0 Å². The molecule has 0 fully saturated rings. The van der Waals surface area contributed by atoms with Crippen molar-refractivity contribution in [2.75, 3.05) is 0 Å². The summed E-state index contributed by atoms with van der Waals surface area (Å²) in [5.41, 5.74) is 3.47. The van der Waals surface area contributed by atoms with Crippen LogP contribution in [-0.4, -0.2) is 15.9 Å². The molecule has 0 aliphatic carbocycles. The van der Waals surface area contributed by atoms with E-state index in [0.717, 1.165) is 16.8 Å². The molecule has 2 aromatic rings. The smallest absolute Gasteiger partial charge is 0.253 e. The Hall–Kier alpha value is -2.43. The zero-order chi connectivity index (χ0) is 14.7. The summed E-state index contributed by atoms with van der Waals surface area (Å²) < 4.78 is 0. The molecular weight excluding hydrogens is 254 g/mol. The molecule has 0 spiro atoms. The fourth-order valence-corrected chi connectivity index (χ4v) is 2.07. The Morgan fingerprint density at radius 1 is 1.30 bits per heavy atom. The van der Waals surface area contributed by atoms with Gasteiger partial charge in [0.05, 0.1) is 5.56 Å². The SMILES string of the molecule is Cc1cc(C)c(CNC(=O)c2cnccc2C)c(=O)[nH]1. The lowest BCUT2D eigenvalue weighted by molar-refractivity contribution is 0.0950. The number of aryl methyl sites for hydroxylation is 3. The minimum absolute atomic E-state index is 0.161. The number of nitrogens with one attached hydrogen (secondary N) is 2.